The fraction of sp³-hybridized carbons (Fsp3) is 0.0769. The highest BCUT2D eigenvalue weighted by atomic mass is 16.1. The molecule has 0 spiro atoms. The summed E-state index contributed by atoms with van der Waals surface area (Å²) in [4.78, 5) is 16.2. The van der Waals surface area contributed by atoms with Crippen LogP contribution in [0.2, 0.25) is 0 Å². The molecule has 0 aliphatic rings. The summed E-state index contributed by atoms with van der Waals surface area (Å²) in [5, 5.41) is 13.2. The second-order valence-corrected chi connectivity index (χ2v) is 4.17. The monoisotopic (exact) mass is 253 g/mol. The topological polar surface area (TPSA) is 83.6 Å². The van der Waals surface area contributed by atoms with Crippen molar-refractivity contribution in [1.82, 2.24) is 20.4 Å². The molecule has 6 nitrogen and oxygen atoms in total. The fourth-order valence-electron chi connectivity index (χ4n) is 1.81. The average molecular weight is 253 g/mol. The van der Waals surface area contributed by atoms with Crippen molar-refractivity contribution < 1.29 is 4.79 Å². The van der Waals surface area contributed by atoms with Crippen molar-refractivity contribution in [2.45, 2.75) is 6.92 Å². The molecule has 0 fully saturated rings. The van der Waals surface area contributed by atoms with E-state index in [0.29, 0.717) is 11.1 Å². The van der Waals surface area contributed by atoms with Gasteiger partial charge < -0.3 is 5.32 Å². The Balaban J connectivity index is 1.87. The number of fused-ring (bicyclic) bond motifs is 1. The minimum atomic E-state index is -0.185. The molecule has 2 N–H and O–H groups in total. The van der Waals surface area contributed by atoms with E-state index in [-0.39, 0.29) is 5.91 Å². The van der Waals surface area contributed by atoms with E-state index in [1.807, 2.05) is 13.0 Å². The Morgan fingerprint density at radius 2 is 2.00 bits per heavy atom. The Labute approximate surface area is 108 Å². The molecule has 0 saturated carbocycles. The van der Waals surface area contributed by atoms with Crippen LogP contribution in [0.15, 0.2) is 36.5 Å². The lowest BCUT2D eigenvalue weighted by atomic mass is 10.2. The molecule has 94 valence electrons. The summed E-state index contributed by atoms with van der Waals surface area (Å²) in [6, 6.07) is 8.73. The van der Waals surface area contributed by atoms with Gasteiger partial charge in [-0.25, -0.2) is 0 Å². The highest BCUT2D eigenvalue weighted by Gasteiger charge is 2.08. The van der Waals surface area contributed by atoms with Gasteiger partial charge >= 0.3 is 0 Å². The van der Waals surface area contributed by atoms with E-state index in [1.54, 1.807) is 30.5 Å². The zero-order valence-electron chi connectivity index (χ0n) is 10.2. The van der Waals surface area contributed by atoms with E-state index in [9.17, 15) is 4.79 Å². The summed E-state index contributed by atoms with van der Waals surface area (Å²) in [7, 11) is 0. The van der Waals surface area contributed by atoms with Gasteiger partial charge in [-0.1, -0.05) is 0 Å². The van der Waals surface area contributed by atoms with Crippen molar-refractivity contribution in [2.24, 2.45) is 0 Å². The molecular weight excluding hydrogens is 242 g/mol. The molecule has 0 radical (unpaired) electrons. The third-order valence-electron chi connectivity index (χ3n) is 2.73. The number of carbonyl (C=O) groups is 1. The number of anilines is 1. The van der Waals surface area contributed by atoms with Crippen LogP contribution in [0.3, 0.4) is 0 Å². The number of carbonyl (C=O) groups excluding carboxylic acids is 1. The van der Waals surface area contributed by atoms with E-state index < -0.39 is 0 Å². The third kappa shape index (κ3) is 2.28. The lowest BCUT2D eigenvalue weighted by Crippen LogP contribution is -2.11. The van der Waals surface area contributed by atoms with Crippen LogP contribution in [-0.2, 0) is 0 Å². The van der Waals surface area contributed by atoms with Gasteiger partial charge in [-0.05, 0) is 37.3 Å². The van der Waals surface area contributed by atoms with E-state index in [2.05, 4.69) is 25.7 Å². The van der Waals surface area contributed by atoms with Crippen molar-refractivity contribution in [3.63, 3.8) is 0 Å². The van der Waals surface area contributed by atoms with Crippen molar-refractivity contribution in [3.8, 4) is 0 Å². The molecule has 2 aromatic heterocycles. The van der Waals surface area contributed by atoms with E-state index in [1.165, 1.54) is 0 Å². The van der Waals surface area contributed by atoms with Gasteiger partial charge in [-0.2, -0.15) is 15.4 Å². The molecular formula is C13H11N5O. The number of rotatable bonds is 2. The highest BCUT2D eigenvalue weighted by Crippen LogP contribution is 2.13. The largest absolute Gasteiger partial charge is 0.322 e. The number of H-pyrrole nitrogens is 1. The summed E-state index contributed by atoms with van der Waals surface area (Å²) in [5.74, 6) is -0.185. The maximum Gasteiger partial charge on any atom is 0.255 e. The minimum Gasteiger partial charge on any atom is -0.322 e. The predicted octanol–water partition coefficient (Wildman–Crippen LogP) is 1.91. The van der Waals surface area contributed by atoms with Crippen LogP contribution in [0.25, 0.3) is 11.0 Å². The fourth-order valence-corrected chi connectivity index (χ4v) is 1.81. The molecule has 1 amide bonds. The summed E-state index contributed by atoms with van der Waals surface area (Å²) < 4.78 is 0. The molecule has 0 aliphatic carbocycles. The maximum atomic E-state index is 12.1. The summed E-state index contributed by atoms with van der Waals surface area (Å²) in [6.45, 7) is 1.87. The van der Waals surface area contributed by atoms with Crippen LogP contribution < -0.4 is 5.32 Å². The smallest absolute Gasteiger partial charge is 0.255 e. The van der Waals surface area contributed by atoms with Crippen molar-refractivity contribution >= 4 is 22.6 Å². The number of aromatic nitrogens is 4. The molecule has 0 bridgehead atoms. The van der Waals surface area contributed by atoms with Crippen molar-refractivity contribution in [2.75, 3.05) is 5.32 Å². The van der Waals surface area contributed by atoms with Gasteiger partial charge in [0.1, 0.15) is 11.0 Å². The van der Waals surface area contributed by atoms with Crippen molar-refractivity contribution in [3.05, 3.63) is 47.8 Å². The normalized spacial score (nSPS) is 10.6. The molecule has 6 heteroatoms. The Kier molecular flexibility index (Phi) is 2.68. The minimum absolute atomic E-state index is 0.185. The van der Waals surface area contributed by atoms with E-state index in [0.717, 1.165) is 16.9 Å². The number of nitrogens with zero attached hydrogens (tertiary/aromatic N) is 3. The standard InChI is InChI=1S/C13H11N5O/c1-8-6-10(4-5-14-8)15-13(19)9-2-3-11-12(7-9)17-18-16-11/h2-7H,1H3,(H,14,15,19)(H,16,17,18). The number of nitrogens with one attached hydrogen (secondary N) is 2. The molecule has 3 rings (SSSR count). The van der Waals surface area contributed by atoms with Gasteiger partial charge in [0.15, 0.2) is 0 Å². The Hall–Kier alpha value is -2.76. The molecule has 0 aliphatic heterocycles. The van der Waals surface area contributed by atoms with Crippen LogP contribution in [0.4, 0.5) is 5.69 Å². The highest BCUT2D eigenvalue weighted by molar-refractivity contribution is 6.05. The molecule has 2 heterocycles. The van der Waals surface area contributed by atoms with Gasteiger partial charge in [0.25, 0.3) is 5.91 Å². The number of aromatic amines is 1. The van der Waals surface area contributed by atoms with Crippen LogP contribution >= 0.6 is 0 Å². The Morgan fingerprint density at radius 1 is 1.16 bits per heavy atom. The number of amides is 1. The molecule has 0 saturated heterocycles. The average Bonchev–Trinajstić information content (AvgIpc) is 2.85. The number of pyridine rings is 1. The summed E-state index contributed by atoms with van der Waals surface area (Å²) >= 11 is 0. The van der Waals surface area contributed by atoms with Crippen molar-refractivity contribution in [1.29, 1.82) is 0 Å². The molecule has 0 unspecified atom stereocenters. The lowest BCUT2D eigenvalue weighted by molar-refractivity contribution is 0.102. The van der Waals surface area contributed by atoms with E-state index >= 15 is 0 Å². The molecule has 1 aromatic carbocycles. The van der Waals surface area contributed by atoms with Gasteiger partial charge in [0.05, 0.1) is 0 Å². The number of hydrogen-bond acceptors (Lipinski definition) is 4. The molecule has 3 aromatic rings. The van der Waals surface area contributed by atoms with E-state index in [4.69, 9.17) is 0 Å². The van der Waals surface area contributed by atoms with Gasteiger partial charge in [-0.3, -0.25) is 9.78 Å². The van der Waals surface area contributed by atoms with Gasteiger partial charge in [-0.15, -0.1) is 0 Å². The SMILES string of the molecule is Cc1cc(NC(=O)c2ccc3n[nH]nc3c2)ccn1. The van der Waals surface area contributed by atoms with Crippen LogP contribution in [0.1, 0.15) is 16.1 Å². The number of aryl methyl sites for hydroxylation is 1. The molecule has 0 atom stereocenters. The van der Waals surface area contributed by atoms with Crippen LogP contribution in [-0.4, -0.2) is 26.3 Å². The number of hydrogen-bond donors (Lipinski definition) is 2. The summed E-state index contributed by atoms with van der Waals surface area (Å²) in [5.41, 5.74) is 3.51. The second-order valence-electron chi connectivity index (χ2n) is 4.17. The van der Waals surface area contributed by atoms with Crippen LogP contribution in [0.5, 0.6) is 0 Å². The first kappa shape index (κ1) is 11.3. The number of benzene rings is 1. The summed E-state index contributed by atoms with van der Waals surface area (Å²) in [6.07, 6.45) is 1.66. The predicted molar refractivity (Wildman–Crippen MR) is 70.8 cm³/mol. The second kappa shape index (κ2) is 4.49. The Bertz CT molecular complexity index is 749. The van der Waals surface area contributed by atoms with Gasteiger partial charge in [0, 0.05) is 23.1 Å². The first-order valence-corrected chi connectivity index (χ1v) is 5.77. The maximum absolute atomic E-state index is 12.1. The quantitative estimate of drug-likeness (QED) is 0.730. The third-order valence-corrected chi connectivity index (χ3v) is 2.73. The van der Waals surface area contributed by atoms with Gasteiger partial charge in [0.2, 0.25) is 0 Å². The lowest BCUT2D eigenvalue weighted by Gasteiger charge is -2.05. The first-order chi connectivity index (χ1) is 9.22. The zero-order valence-corrected chi connectivity index (χ0v) is 10.2. The first-order valence-electron chi connectivity index (χ1n) is 5.77. The molecule has 19 heavy (non-hydrogen) atoms. The van der Waals surface area contributed by atoms with Crippen LogP contribution in [0, 0.1) is 6.92 Å². The Morgan fingerprint density at radius 3 is 2.84 bits per heavy atom. The zero-order chi connectivity index (χ0) is 13.2.